The van der Waals surface area contributed by atoms with Gasteiger partial charge in [-0.15, -0.1) is 11.3 Å². The first-order chi connectivity index (χ1) is 9.22. The molecule has 0 aliphatic rings. The largest absolute Gasteiger partial charge is 0.394 e. The number of para-hydroxylation sites is 1. The van der Waals surface area contributed by atoms with E-state index in [4.69, 9.17) is 5.11 Å². The molecule has 0 aliphatic carbocycles. The molecule has 1 atom stereocenters. The highest BCUT2D eigenvalue weighted by Crippen LogP contribution is 2.22. The van der Waals surface area contributed by atoms with Gasteiger partial charge in [0.1, 0.15) is 0 Å². The van der Waals surface area contributed by atoms with Crippen LogP contribution in [0, 0.1) is 0 Å². The Morgan fingerprint density at radius 1 is 1.47 bits per heavy atom. The second-order valence-electron chi connectivity index (χ2n) is 4.43. The molecule has 1 aromatic carbocycles. The number of fused-ring (bicyclic) bond motifs is 1. The number of nitrogens with one attached hydrogen (secondary N) is 1. The Morgan fingerprint density at radius 3 is 2.95 bits per heavy atom. The van der Waals surface area contributed by atoms with Crippen molar-refractivity contribution in [3.05, 3.63) is 29.3 Å². The van der Waals surface area contributed by atoms with Gasteiger partial charge in [0.15, 0.2) is 0 Å². The zero-order chi connectivity index (χ0) is 13.7. The predicted molar refractivity (Wildman–Crippen MR) is 77.2 cm³/mol. The molecule has 0 spiro atoms. The number of aryl methyl sites for hydroxylation is 1. The van der Waals surface area contributed by atoms with Gasteiger partial charge < -0.3 is 10.4 Å². The maximum absolute atomic E-state index is 11.7. The Kier molecular flexibility index (Phi) is 4.87. The lowest BCUT2D eigenvalue weighted by molar-refractivity contribution is -0.122. The topological polar surface area (TPSA) is 62.2 Å². The molecule has 0 bridgehead atoms. The van der Waals surface area contributed by atoms with E-state index in [-0.39, 0.29) is 18.6 Å². The summed E-state index contributed by atoms with van der Waals surface area (Å²) in [6.07, 6.45) is 1.80. The van der Waals surface area contributed by atoms with E-state index in [0.29, 0.717) is 12.8 Å². The Hall–Kier alpha value is -1.46. The van der Waals surface area contributed by atoms with Crippen molar-refractivity contribution >= 4 is 27.5 Å². The van der Waals surface area contributed by atoms with Crippen LogP contribution in [0.1, 0.15) is 24.8 Å². The number of nitrogens with zero attached hydrogens (tertiary/aromatic N) is 1. The van der Waals surface area contributed by atoms with Crippen molar-refractivity contribution in [1.82, 2.24) is 10.3 Å². The van der Waals surface area contributed by atoms with E-state index in [2.05, 4.69) is 10.3 Å². The van der Waals surface area contributed by atoms with Crippen molar-refractivity contribution in [2.75, 3.05) is 6.61 Å². The van der Waals surface area contributed by atoms with Crippen LogP contribution >= 0.6 is 11.3 Å². The number of hydrogen-bond acceptors (Lipinski definition) is 4. The molecule has 102 valence electrons. The minimum Gasteiger partial charge on any atom is -0.394 e. The summed E-state index contributed by atoms with van der Waals surface area (Å²) in [6.45, 7) is 1.93. The van der Waals surface area contributed by atoms with Gasteiger partial charge in [-0.1, -0.05) is 19.1 Å². The van der Waals surface area contributed by atoms with Gasteiger partial charge in [-0.05, 0) is 18.6 Å². The number of amides is 1. The highest BCUT2D eigenvalue weighted by molar-refractivity contribution is 7.18. The number of thiazole rings is 1. The highest BCUT2D eigenvalue weighted by Gasteiger charge is 2.10. The molecule has 0 fully saturated rings. The average molecular weight is 278 g/mol. The van der Waals surface area contributed by atoms with Gasteiger partial charge in [0.25, 0.3) is 0 Å². The first-order valence-corrected chi connectivity index (χ1v) is 7.29. The fourth-order valence-electron chi connectivity index (χ4n) is 1.82. The molecule has 1 aromatic heterocycles. The summed E-state index contributed by atoms with van der Waals surface area (Å²) < 4.78 is 1.15. The minimum absolute atomic E-state index is 0.0105. The van der Waals surface area contributed by atoms with E-state index >= 15 is 0 Å². The minimum atomic E-state index is -0.136. The normalized spacial score (nSPS) is 12.5. The average Bonchev–Trinajstić information content (AvgIpc) is 2.85. The number of carbonyl (C=O) groups is 1. The number of aromatic nitrogens is 1. The molecule has 0 saturated heterocycles. The summed E-state index contributed by atoms with van der Waals surface area (Å²) in [6, 6.07) is 7.84. The van der Waals surface area contributed by atoms with Gasteiger partial charge in [-0.2, -0.15) is 0 Å². The first kappa shape index (κ1) is 14.0. The second kappa shape index (κ2) is 6.63. The molecule has 1 heterocycles. The predicted octanol–water partition coefficient (Wildman–Crippen LogP) is 2.12. The Labute approximate surface area is 116 Å². The van der Waals surface area contributed by atoms with Crippen molar-refractivity contribution in [1.29, 1.82) is 0 Å². The molecule has 0 aliphatic heterocycles. The van der Waals surface area contributed by atoms with E-state index < -0.39 is 0 Å². The van der Waals surface area contributed by atoms with Crippen molar-refractivity contribution in [3.8, 4) is 0 Å². The third-order valence-corrected chi connectivity index (χ3v) is 4.08. The van der Waals surface area contributed by atoms with E-state index in [0.717, 1.165) is 21.6 Å². The van der Waals surface area contributed by atoms with Crippen LogP contribution in [-0.2, 0) is 11.2 Å². The highest BCUT2D eigenvalue weighted by atomic mass is 32.1. The maximum atomic E-state index is 11.7. The summed E-state index contributed by atoms with van der Waals surface area (Å²) in [5.74, 6) is -0.0276. The molecule has 0 radical (unpaired) electrons. The van der Waals surface area contributed by atoms with Crippen LogP contribution < -0.4 is 5.32 Å². The van der Waals surface area contributed by atoms with E-state index in [9.17, 15) is 4.79 Å². The van der Waals surface area contributed by atoms with Crippen LogP contribution in [0.15, 0.2) is 24.3 Å². The first-order valence-electron chi connectivity index (χ1n) is 6.47. The fourth-order valence-corrected chi connectivity index (χ4v) is 2.79. The molecular weight excluding hydrogens is 260 g/mol. The zero-order valence-electron chi connectivity index (χ0n) is 10.9. The number of aliphatic hydroxyl groups excluding tert-OH is 1. The van der Waals surface area contributed by atoms with Gasteiger partial charge in [-0.3, -0.25) is 4.79 Å². The standard InChI is InChI=1S/C14H18N2O2S/c1-2-10(9-17)15-13(18)7-8-14-16-11-5-3-4-6-12(11)19-14/h3-6,10,17H,2,7-9H2,1H3,(H,15,18)/t10-/m0/s1. The Bertz CT molecular complexity index is 516. The van der Waals surface area contributed by atoms with Crippen molar-refractivity contribution in [3.63, 3.8) is 0 Å². The quantitative estimate of drug-likeness (QED) is 0.850. The maximum Gasteiger partial charge on any atom is 0.220 e. The van der Waals surface area contributed by atoms with Crippen LogP contribution in [0.2, 0.25) is 0 Å². The number of hydrogen-bond donors (Lipinski definition) is 2. The molecular formula is C14H18N2O2S. The molecule has 19 heavy (non-hydrogen) atoms. The lowest BCUT2D eigenvalue weighted by atomic mass is 10.2. The molecule has 5 heteroatoms. The number of carbonyl (C=O) groups excluding carboxylic acids is 1. The smallest absolute Gasteiger partial charge is 0.220 e. The van der Waals surface area contributed by atoms with Crippen molar-refractivity contribution < 1.29 is 9.90 Å². The lowest BCUT2D eigenvalue weighted by Gasteiger charge is -2.13. The van der Waals surface area contributed by atoms with Crippen LogP contribution in [0.5, 0.6) is 0 Å². The zero-order valence-corrected chi connectivity index (χ0v) is 11.7. The van der Waals surface area contributed by atoms with E-state index in [1.54, 1.807) is 11.3 Å². The van der Waals surface area contributed by atoms with Crippen molar-refractivity contribution in [2.24, 2.45) is 0 Å². The Morgan fingerprint density at radius 2 is 2.26 bits per heavy atom. The summed E-state index contributed by atoms with van der Waals surface area (Å²) in [4.78, 5) is 16.2. The van der Waals surface area contributed by atoms with Gasteiger partial charge in [0.05, 0.1) is 27.9 Å². The van der Waals surface area contributed by atoms with E-state index in [1.807, 2.05) is 31.2 Å². The molecule has 4 nitrogen and oxygen atoms in total. The number of benzene rings is 1. The van der Waals surface area contributed by atoms with Crippen molar-refractivity contribution in [2.45, 2.75) is 32.2 Å². The molecule has 1 amide bonds. The molecule has 0 saturated carbocycles. The van der Waals surface area contributed by atoms with Crippen LogP contribution in [-0.4, -0.2) is 28.6 Å². The molecule has 2 rings (SSSR count). The summed E-state index contributed by atoms with van der Waals surface area (Å²) in [5, 5.41) is 12.8. The van der Waals surface area contributed by atoms with Gasteiger partial charge in [0.2, 0.25) is 5.91 Å². The summed E-state index contributed by atoms with van der Waals surface area (Å²) in [5.41, 5.74) is 0.990. The summed E-state index contributed by atoms with van der Waals surface area (Å²) >= 11 is 1.63. The van der Waals surface area contributed by atoms with Crippen LogP contribution in [0.3, 0.4) is 0 Å². The lowest BCUT2D eigenvalue weighted by Crippen LogP contribution is -2.36. The monoisotopic (exact) mass is 278 g/mol. The fraction of sp³-hybridized carbons (Fsp3) is 0.429. The van der Waals surface area contributed by atoms with Gasteiger partial charge in [-0.25, -0.2) is 4.98 Å². The molecule has 0 unspecified atom stereocenters. The number of rotatable bonds is 6. The molecule has 2 N–H and O–H groups in total. The third-order valence-electron chi connectivity index (χ3n) is 2.98. The van der Waals surface area contributed by atoms with Crippen LogP contribution in [0.4, 0.5) is 0 Å². The van der Waals surface area contributed by atoms with Gasteiger partial charge >= 0.3 is 0 Å². The van der Waals surface area contributed by atoms with Gasteiger partial charge in [0, 0.05) is 12.8 Å². The van der Waals surface area contributed by atoms with E-state index in [1.165, 1.54) is 0 Å². The number of aliphatic hydroxyl groups is 1. The molecule has 2 aromatic rings. The Balaban J connectivity index is 1.89. The second-order valence-corrected chi connectivity index (χ2v) is 5.55. The summed E-state index contributed by atoms with van der Waals surface area (Å²) in [7, 11) is 0. The third kappa shape index (κ3) is 3.75. The SMILES string of the molecule is CC[C@@H](CO)NC(=O)CCc1nc2ccccc2s1. The van der Waals surface area contributed by atoms with Crippen LogP contribution in [0.25, 0.3) is 10.2 Å².